The maximum atomic E-state index is 12.7. The second-order valence-corrected chi connectivity index (χ2v) is 7.33. The van der Waals surface area contributed by atoms with E-state index in [9.17, 15) is 4.79 Å². The summed E-state index contributed by atoms with van der Waals surface area (Å²) < 4.78 is 0. The van der Waals surface area contributed by atoms with Gasteiger partial charge in [-0.3, -0.25) is 4.79 Å². The molecule has 1 aromatic carbocycles. The van der Waals surface area contributed by atoms with Gasteiger partial charge in [-0.25, -0.2) is 9.97 Å². The number of likely N-dealkylation sites (tertiary alicyclic amines) is 1. The summed E-state index contributed by atoms with van der Waals surface area (Å²) in [5, 5.41) is 5.57. The molecule has 1 aliphatic heterocycles. The molecule has 1 amide bonds. The summed E-state index contributed by atoms with van der Waals surface area (Å²) in [4.78, 5) is 27.2. The molecule has 25 heavy (non-hydrogen) atoms. The smallest absolute Gasteiger partial charge is 0.273 e. The molecule has 1 saturated heterocycles. The van der Waals surface area contributed by atoms with Crippen molar-refractivity contribution >= 4 is 33.4 Å². The number of H-pyrrole nitrogens is 1. The number of anilines is 1. The highest BCUT2D eigenvalue weighted by Gasteiger charge is 2.28. The molecule has 0 saturated carbocycles. The number of rotatable bonds is 3. The van der Waals surface area contributed by atoms with Crippen LogP contribution < -0.4 is 5.32 Å². The van der Waals surface area contributed by atoms with E-state index in [-0.39, 0.29) is 11.8 Å². The fourth-order valence-corrected chi connectivity index (χ4v) is 4.07. The first-order valence-electron chi connectivity index (χ1n) is 8.53. The molecular weight excluding hydrogens is 334 g/mol. The Labute approximate surface area is 150 Å². The van der Waals surface area contributed by atoms with Crippen LogP contribution in [0.3, 0.4) is 0 Å². The van der Waals surface area contributed by atoms with Crippen molar-refractivity contribution in [3.05, 3.63) is 40.7 Å². The number of amides is 1. The van der Waals surface area contributed by atoms with Crippen LogP contribution in [0, 0.1) is 6.92 Å². The molecule has 1 aliphatic rings. The number of aromatic nitrogens is 3. The molecule has 2 aromatic heterocycles. The minimum Gasteiger partial charge on any atom is -0.365 e. The predicted octanol–water partition coefficient (Wildman–Crippen LogP) is 3.39. The number of imidazole rings is 1. The summed E-state index contributed by atoms with van der Waals surface area (Å²) in [5.74, 6) is 1.23. The Morgan fingerprint density at radius 2 is 2.28 bits per heavy atom. The second kappa shape index (κ2) is 6.48. The van der Waals surface area contributed by atoms with Crippen molar-refractivity contribution in [3.8, 4) is 0 Å². The molecule has 0 radical (unpaired) electrons. The second-order valence-electron chi connectivity index (χ2n) is 6.47. The first kappa shape index (κ1) is 16.1. The fraction of sp³-hybridized carbons (Fsp3) is 0.389. The highest BCUT2D eigenvalue weighted by atomic mass is 32.1. The van der Waals surface area contributed by atoms with Crippen molar-refractivity contribution in [3.63, 3.8) is 0 Å². The molecule has 0 bridgehead atoms. The van der Waals surface area contributed by atoms with Gasteiger partial charge >= 0.3 is 0 Å². The Morgan fingerprint density at radius 1 is 1.40 bits per heavy atom. The number of para-hydroxylation sites is 1. The van der Waals surface area contributed by atoms with E-state index in [4.69, 9.17) is 4.98 Å². The van der Waals surface area contributed by atoms with Gasteiger partial charge in [0, 0.05) is 31.4 Å². The van der Waals surface area contributed by atoms with Crippen molar-refractivity contribution in [1.29, 1.82) is 0 Å². The number of piperidine rings is 1. The molecule has 0 aliphatic carbocycles. The molecule has 4 rings (SSSR count). The quantitative estimate of drug-likeness (QED) is 0.755. The molecule has 1 fully saturated rings. The number of benzene rings is 1. The zero-order valence-corrected chi connectivity index (χ0v) is 15.2. The van der Waals surface area contributed by atoms with E-state index in [0.29, 0.717) is 12.2 Å². The number of carbonyl (C=O) groups is 1. The fourth-order valence-electron chi connectivity index (χ4n) is 3.42. The number of nitrogens with one attached hydrogen (secondary N) is 2. The summed E-state index contributed by atoms with van der Waals surface area (Å²) in [6.45, 7) is 3.54. The van der Waals surface area contributed by atoms with E-state index >= 15 is 0 Å². The molecule has 3 aromatic rings. The van der Waals surface area contributed by atoms with E-state index in [1.165, 1.54) is 16.9 Å². The largest absolute Gasteiger partial charge is 0.365 e. The van der Waals surface area contributed by atoms with Crippen LogP contribution in [0.5, 0.6) is 0 Å². The maximum absolute atomic E-state index is 12.7. The van der Waals surface area contributed by atoms with Gasteiger partial charge in [0.25, 0.3) is 5.91 Å². The van der Waals surface area contributed by atoms with Crippen LogP contribution in [0.2, 0.25) is 0 Å². The molecule has 0 spiro atoms. The van der Waals surface area contributed by atoms with E-state index < -0.39 is 0 Å². The summed E-state index contributed by atoms with van der Waals surface area (Å²) in [7, 11) is 1.81. The zero-order valence-electron chi connectivity index (χ0n) is 14.4. The van der Waals surface area contributed by atoms with Crippen molar-refractivity contribution < 1.29 is 4.79 Å². The Bertz CT molecular complexity index is 915. The lowest BCUT2D eigenvalue weighted by Gasteiger charge is -2.31. The summed E-state index contributed by atoms with van der Waals surface area (Å²) in [6, 6.07) is 6.17. The van der Waals surface area contributed by atoms with Crippen LogP contribution >= 0.6 is 11.3 Å². The van der Waals surface area contributed by atoms with Crippen molar-refractivity contribution in [2.24, 2.45) is 0 Å². The monoisotopic (exact) mass is 355 g/mol. The number of aromatic amines is 1. The third-order valence-corrected chi connectivity index (χ3v) is 5.63. The molecule has 3 heterocycles. The summed E-state index contributed by atoms with van der Waals surface area (Å²) in [6.07, 6.45) is 2.02. The Balaban J connectivity index is 1.55. The first-order valence-corrected chi connectivity index (χ1v) is 9.41. The first-order chi connectivity index (χ1) is 12.2. The Morgan fingerprint density at radius 3 is 3.04 bits per heavy atom. The van der Waals surface area contributed by atoms with Crippen molar-refractivity contribution in [2.75, 3.05) is 25.5 Å². The molecular formula is C18H21N5OS. The maximum Gasteiger partial charge on any atom is 0.273 e. The molecule has 130 valence electrons. The highest BCUT2D eigenvalue weighted by molar-refractivity contribution is 7.13. The zero-order chi connectivity index (χ0) is 17.4. The van der Waals surface area contributed by atoms with E-state index in [1.54, 1.807) is 0 Å². The average molecular weight is 355 g/mol. The van der Waals surface area contributed by atoms with E-state index in [1.807, 2.05) is 23.4 Å². The van der Waals surface area contributed by atoms with Crippen molar-refractivity contribution in [2.45, 2.75) is 25.7 Å². The van der Waals surface area contributed by atoms with Gasteiger partial charge in [-0.15, -0.1) is 11.3 Å². The topological polar surface area (TPSA) is 73.9 Å². The van der Waals surface area contributed by atoms with Crippen LogP contribution in [-0.2, 0) is 0 Å². The number of fused-ring (bicyclic) bond motifs is 1. The summed E-state index contributed by atoms with van der Waals surface area (Å²) in [5.41, 5.74) is 3.79. The molecule has 6 nitrogen and oxygen atoms in total. The van der Waals surface area contributed by atoms with Gasteiger partial charge in [0.05, 0.1) is 11.0 Å². The highest BCUT2D eigenvalue weighted by Crippen LogP contribution is 2.28. The molecule has 2 N–H and O–H groups in total. The van der Waals surface area contributed by atoms with Gasteiger partial charge in [-0.1, -0.05) is 12.1 Å². The standard InChI is InChI=1S/C18H21N5OS/c1-11-5-3-7-13-15(11)22-16(20-13)12-6-4-8-23(9-12)17(24)14-10-25-18(19-2)21-14/h3,5,7,10,12H,4,6,8-9H2,1-2H3,(H,19,21)(H,20,22)/t12-/m0/s1. The SMILES string of the molecule is CNc1nc(C(=O)N2CCC[C@H](c3nc4c(C)cccc4[nH]3)C2)cs1. The number of thiazole rings is 1. The van der Waals surface area contributed by atoms with Gasteiger partial charge in [-0.2, -0.15) is 0 Å². The van der Waals surface area contributed by atoms with Crippen LogP contribution in [0.15, 0.2) is 23.6 Å². The van der Waals surface area contributed by atoms with Gasteiger partial charge < -0.3 is 15.2 Å². The van der Waals surface area contributed by atoms with Gasteiger partial charge in [0.2, 0.25) is 0 Å². The lowest BCUT2D eigenvalue weighted by atomic mass is 9.97. The minimum atomic E-state index is 0.00902. The van der Waals surface area contributed by atoms with Crippen LogP contribution in [0.1, 0.15) is 40.6 Å². The number of hydrogen-bond acceptors (Lipinski definition) is 5. The van der Waals surface area contributed by atoms with E-state index in [0.717, 1.165) is 41.4 Å². The molecule has 0 unspecified atom stereocenters. The number of hydrogen-bond donors (Lipinski definition) is 2. The normalized spacial score (nSPS) is 17.8. The third kappa shape index (κ3) is 3.00. The Kier molecular flexibility index (Phi) is 4.17. The number of carbonyl (C=O) groups excluding carboxylic acids is 1. The predicted molar refractivity (Wildman–Crippen MR) is 100 cm³/mol. The average Bonchev–Trinajstić information content (AvgIpc) is 3.29. The van der Waals surface area contributed by atoms with E-state index in [2.05, 4.69) is 34.3 Å². The van der Waals surface area contributed by atoms with Gasteiger partial charge in [0.1, 0.15) is 11.5 Å². The number of nitrogens with zero attached hydrogens (tertiary/aromatic N) is 3. The van der Waals surface area contributed by atoms with Gasteiger partial charge in [-0.05, 0) is 31.4 Å². The van der Waals surface area contributed by atoms with Crippen LogP contribution in [0.4, 0.5) is 5.13 Å². The lowest BCUT2D eigenvalue weighted by molar-refractivity contribution is 0.0700. The minimum absolute atomic E-state index is 0.00902. The molecule has 1 atom stereocenters. The Hall–Kier alpha value is -2.41. The lowest BCUT2D eigenvalue weighted by Crippen LogP contribution is -2.39. The third-order valence-electron chi connectivity index (χ3n) is 4.77. The van der Waals surface area contributed by atoms with Crippen molar-refractivity contribution in [1.82, 2.24) is 19.9 Å². The molecule has 7 heteroatoms. The summed E-state index contributed by atoms with van der Waals surface area (Å²) >= 11 is 1.46. The number of aryl methyl sites for hydroxylation is 1. The van der Waals surface area contributed by atoms with Crippen LogP contribution in [-0.4, -0.2) is 45.9 Å². The van der Waals surface area contributed by atoms with Gasteiger partial charge in [0.15, 0.2) is 5.13 Å². The van der Waals surface area contributed by atoms with Crippen LogP contribution in [0.25, 0.3) is 11.0 Å².